The van der Waals surface area contributed by atoms with Gasteiger partial charge in [0.1, 0.15) is 0 Å². The average Bonchev–Trinajstić information content (AvgIpc) is 2.12. The van der Waals surface area contributed by atoms with Crippen LogP contribution in [0.25, 0.3) is 0 Å². The highest BCUT2D eigenvalue weighted by molar-refractivity contribution is 4.62. The summed E-state index contributed by atoms with van der Waals surface area (Å²) in [6, 6.07) is 0. The van der Waals surface area contributed by atoms with Gasteiger partial charge >= 0.3 is 6.18 Å². The largest absolute Gasteiger partial charge is 0.389 e. The fourth-order valence-electron chi connectivity index (χ4n) is 2.00. The first kappa shape index (κ1) is 15.8. The van der Waals surface area contributed by atoms with E-state index in [1.807, 2.05) is 0 Å². The van der Waals surface area contributed by atoms with Crippen molar-refractivity contribution in [3.63, 3.8) is 0 Å². The van der Waals surface area contributed by atoms with Crippen LogP contribution in [0.2, 0.25) is 0 Å². The van der Waals surface area contributed by atoms with E-state index in [9.17, 15) is 13.2 Å². The Morgan fingerprint density at radius 3 is 2.00 bits per heavy atom. The summed E-state index contributed by atoms with van der Waals surface area (Å²) in [5.41, 5.74) is 0. The molecule has 0 aromatic carbocycles. The van der Waals surface area contributed by atoms with Crippen LogP contribution in [0.15, 0.2) is 0 Å². The predicted octanol–water partition coefficient (Wildman–Crippen LogP) is 5.57. The van der Waals surface area contributed by atoms with Gasteiger partial charge in [-0.05, 0) is 18.3 Å². The second-order valence-corrected chi connectivity index (χ2v) is 5.13. The molecule has 0 nitrogen and oxygen atoms in total. The quantitative estimate of drug-likeness (QED) is 0.518. The normalized spacial score (nSPS) is 14.4. The number of hydrogen-bond donors (Lipinski definition) is 0. The Kier molecular flexibility index (Phi) is 7.86. The topological polar surface area (TPSA) is 0 Å². The van der Waals surface area contributed by atoms with Crippen LogP contribution in [-0.2, 0) is 0 Å². The van der Waals surface area contributed by atoms with Crippen molar-refractivity contribution in [1.29, 1.82) is 0 Å². The molecule has 0 spiro atoms. The summed E-state index contributed by atoms with van der Waals surface area (Å²) in [5, 5.41) is 0. The van der Waals surface area contributed by atoms with Crippen molar-refractivity contribution in [3.8, 4) is 0 Å². The number of rotatable bonds is 8. The molecule has 0 saturated carbocycles. The molecule has 0 radical (unpaired) electrons. The van der Waals surface area contributed by atoms with E-state index in [2.05, 4.69) is 20.8 Å². The van der Waals surface area contributed by atoms with Crippen molar-refractivity contribution in [2.24, 2.45) is 11.8 Å². The Hall–Kier alpha value is -0.210. The van der Waals surface area contributed by atoms with Crippen molar-refractivity contribution < 1.29 is 13.2 Å². The zero-order chi connectivity index (χ0) is 12.6. The molecule has 98 valence electrons. The van der Waals surface area contributed by atoms with E-state index in [4.69, 9.17) is 0 Å². The SMILES string of the molecule is CCCC(CCCC(F)(F)F)CCC(C)C. The lowest BCUT2D eigenvalue weighted by atomic mass is 9.90. The van der Waals surface area contributed by atoms with Gasteiger partial charge in [-0.2, -0.15) is 13.2 Å². The Labute approximate surface area is 97.6 Å². The van der Waals surface area contributed by atoms with Gasteiger partial charge in [-0.15, -0.1) is 0 Å². The van der Waals surface area contributed by atoms with Gasteiger partial charge < -0.3 is 0 Å². The molecule has 1 unspecified atom stereocenters. The van der Waals surface area contributed by atoms with Gasteiger partial charge in [0.05, 0.1) is 0 Å². The average molecular weight is 238 g/mol. The number of halogens is 3. The fourth-order valence-corrected chi connectivity index (χ4v) is 2.00. The van der Waals surface area contributed by atoms with Crippen LogP contribution in [0.4, 0.5) is 13.2 Å². The van der Waals surface area contributed by atoms with Crippen molar-refractivity contribution in [3.05, 3.63) is 0 Å². The van der Waals surface area contributed by atoms with E-state index in [0.717, 1.165) is 32.1 Å². The van der Waals surface area contributed by atoms with Gasteiger partial charge in [-0.1, -0.05) is 52.9 Å². The molecule has 0 rings (SSSR count). The van der Waals surface area contributed by atoms with E-state index in [-0.39, 0.29) is 0 Å². The second kappa shape index (κ2) is 7.97. The highest BCUT2D eigenvalue weighted by atomic mass is 19.4. The molecular weight excluding hydrogens is 213 g/mol. The van der Waals surface area contributed by atoms with Gasteiger partial charge in [-0.3, -0.25) is 0 Å². The summed E-state index contributed by atoms with van der Waals surface area (Å²) in [6.45, 7) is 6.43. The fraction of sp³-hybridized carbons (Fsp3) is 1.00. The first-order chi connectivity index (χ1) is 7.35. The Balaban J connectivity index is 3.76. The number of alkyl halides is 3. The molecular formula is C13H25F3. The van der Waals surface area contributed by atoms with Gasteiger partial charge in [0.2, 0.25) is 0 Å². The monoisotopic (exact) mass is 238 g/mol. The maximum absolute atomic E-state index is 12.0. The van der Waals surface area contributed by atoms with Gasteiger partial charge in [0.15, 0.2) is 0 Å². The molecule has 0 aromatic heterocycles. The molecule has 0 fully saturated rings. The summed E-state index contributed by atoms with van der Waals surface area (Å²) in [4.78, 5) is 0. The third-order valence-electron chi connectivity index (χ3n) is 2.92. The maximum atomic E-state index is 12.0. The van der Waals surface area contributed by atoms with Gasteiger partial charge in [0.25, 0.3) is 0 Å². The molecule has 1 atom stereocenters. The van der Waals surface area contributed by atoms with E-state index in [1.54, 1.807) is 0 Å². The van der Waals surface area contributed by atoms with Gasteiger partial charge in [0, 0.05) is 6.42 Å². The van der Waals surface area contributed by atoms with Crippen LogP contribution in [-0.4, -0.2) is 6.18 Å². The lowest BCUT2D eigenvalue weighted by Gasteiger charge is -2.17. The molecule has 0 aliphatic rings. The lowest BCUT2D eigenvalue weighted by molar-refractivity contribution is -0.136. The summed E-state index contributed by atoms with van der Waals surface area (Å²) >= 11 is 0. The molecule has 0 aromatic rings. The Bertz CT molecular complexity index is 161. The molecule has 0 bridgehead atoms. The number of hydrogen-bond acceptors (Lipinski definition) is 0. The summed E-state index contributed by atoms with van der Waals surface area (Å²) in [7, 11) is 0. The minimum atomic E-state index is -3.98. The minimum absolute atomic E-state index is 0.298. The minimum Gasteiger partial charge on any atom is -0.171 e. The molecule has 0 aliphatic carbocycles. The van der Waals surface area contributed by atoms with E-state index in [1.165, 1.54) is 0 Å². The van der Waals surface area contributed by atoms with Crippen LogP contribution in [0.5, 0.6) is 0 Å². The van der Waals surface area contributed by atoms with Crippen molar-refractivity contribution in [2.75, 3.05) is 0 Å². The first-order valence-corrected chi connectivity index (χ1v) is 6.42. The Morgan fingerprint density at radius 2 is 1.56 bits per heavy atom. The van der Waals surface area contributed by atoms with E-state index in [0.29, 0.717) is 18.3 Å². The van der Waals surface area contributed by atoms with Crippen LogP contribution >= 0.6 is 0 Å². The highest BCUT2D eigenvalue weighted by Gasteiger charge is 2.26. The summed E-state index contributed by atoms with van der Waals surface area (Å²) in [6.07, 6.45) is 0.815. The van der Waals surface area contributed by atoms with Crippen LogP contribution in [0.3, 0.4) is 0 Å². The molecule has 16 heavy (non-hydrogen) atoms. The van der Waals surface area contributed by atoms with E-state index >= 15 is 0 Å². The molecule has 0 aliphatic heterocycles. The van der Waals surface area contributed by atoms with Crippen LogP contribution in [0.1, 0.15) is 65.7 Å². The predicted molar refractivity (Wildman–Crippen MR) is 62.4 cm³/mol. The first-order valence-electron chi connectivity index (χ1n) is 6.42. The van der Waals surface area contributed by atoms with Crippen LogP contribution in [0, 0.1) is 11.8 Å². The van der Waals surface area contributed by atoms with Crippen molar-refractivity contribution >= 4 is 0 Å². The van der Waals surface area contributed by atoms with Gasteiger partial charge in [-0.25, -0.2) is 0 Å². The standard InChI is InChI=1S/C13H25F3/c1-4-6-12(9-8-11(2)3)7-5-10-13(14,15)16/h11-12H,4-10H2,1-3H3. The molecule has 0 amide bonds. The van der Waals surface area contributed by atoms with Crippen molar-refractivity contribution in [2.45, 2.75) is 71.9 Å². The summed E-state index contributed by atoms with van der Waals surface area (Å²) < 4.78 is 36.0. The zero-order valence-corrected chi connectivity index (χ0v) is 10.7. The maximum Gasteiger partial charge on any atom is 0.389 e. The highest BCUT2D eigenvalue weighted by Crippen LogP contribution is 2.27. The molecule has 3 heteroatoms. The third kappa shape index (κ3) is 10.3. The smallest absolute Gasteiger partial charge is 0.171 e. The zero-order valence-electron chi connectivity index (χ0n) is 10.7. The Morgan fingerprint density at radius 1 is 0.938 bits per heavy atom. The van der Waals surface area contributed by atoms with Crippen LogP contribution < -0.4 is 0 Å². The molecule has 0 saturated heterocycles. The summed E-state index contributed by atoms with van der Waals surface area (Å²) in [5.74, 6) is 1.15. The molecule has 0 heterocycles. The van der Waals surface area contributed by atoms with Crippen molar-refractivity contribution in [1.82, 2.24) is 0 Å². The second-order valence-electron chi connectivity index (χ2n) is 5.13. The third-order valence-corrected chi connectivity index (χ3v) is 2.92. The molecule has 0 N–H and O–H groups in total. The lowest BCUT2D eigenvalue weighted by Crippen LogP contribution is -2.09. The van der Waals surface area contributed by atoms with E-state index < -0.39 is 12.6 Å².